The molecular weight excluding hydrogens is 321 g/mol. The highest BCUT2D eigenvalue weighted by Gasteiger charge is 2.38. The molecule has 2 aromatic heterocycles. The van der Waals surface area contributed by atoms with E-state index >= 15 is 0 Å². The molecule has 0 unspecified atom stereocenters. The van der Waals surface area contributed by atoms with E-state index in [-0.39, 0.29) is 29.2 Å². The molecule has 0 radical (unpaired) electrons. The van der Waals surface area contributed by atoms with Gasteiger partial charge in [0.1, 0.15) is 5.52 Å². The molecule has 0 bridgehead atoms. The average molecular weight is 332 g/mol. The number of nitrogens with zero attached hydrogens (tertiary/aromatic N) is 3. The molecule has 5 nitrogen and oxygen atoms in total. The minimum Gasteiger partial charge on any atom is -0.326 e. The van der Waals surface area contributed by atoms with Gasteiger partial charge in [0.15, 0.2) is 5.65 Å². The Labute approximate surface area is 134 Å². The van der Waals surface area contributed by atoms with Gasteiger partial charge >= 0.3 is 6.18 Å². The number of aryl methyl sites for hydroxylation is 1. The van der Waals surface area contributed by atoms with Crippen molar-refractivity contribution >= 4 is 22.8 Å². The molecule has 0 saturated heterocycles. The highest BCUT2D eigenvalue weighted by Crippen LogP contribution is 2.34. The first-order chi connectivity index (χ1) is 11.3. The van der Waals surface area contributed by atoms with Crippen LogP contribution >= 0.6 is 0 Å². The number of fused-ring (bicyclic) bond motifs is 2. The molecule has 1 aromatic carbocycles. The molecule has 3 aromatic rings. The van der Waals surface area contributed by atoms with Gasteiger partial charge in [-0.3, -0.25) is 9.36 Å². The molecule has 24 heavy (non-hydrogen) atoms. The smallest absolute Gasteiger partial charge is 0.326 e. The lowest BCUT2D eigenvalue weighted by atomic mass is 10.1. The van der Waals surface area contributed by atoms with Gasteiger partial charge in [-0.05, 0) is 42.8 Å². The minimum atomic E-state index is -4.62. The van der Waals surface area contributed by atoms with Gasteiger partial charge < -0.3 is 5.32 Å². The fraction of sp³-hybridized carbons (Fsp3) is 0.188. The number of anilines is 1. The maximum atomic E-state index is 13.4. The van der Waals surface area contributed by atoms with Gasteiger partial charge in [-0.15, -0.1) is 0 Å². The largest absolute Gasteiger partial charge is 0.450 e. The Kier molecular flexibility index (Phi) is 2.93. The molecule has 4 rings (SSSR count). The maximum absolute atomic E-state index is 13.4. The van der Waals surface area contributed by atoms with E-state index < -0.39 is 12.0 Å². The number of carbonyl (C=O) groups excluding carboxylic acids is 1. The molecule has 1 amide bonds. The Morgan fingerprint density at radius 3 is 2.71 bits per heavy atom. The Bertz CT molecular complexity index is 991. The summed E-state index contributed by atoms with van der Waals surface area (Å²) in [6.45, 7) is 1.70. The summed E-state index contributed by atoms with van der Waals surface area (Å²) in [4.78, 5) is 19.4. The van der Waals surface area contributed by atoms with Crippen molar-refractivity contribution in [2.75, 3.05) is 5.32 Å². The quantitative estimate of drug-likeness (QED) is 0.744. The van der Waals surface area contributed by atoms with Crippen LogP contribution in [0.3, 0.4) is 0 Å². The third kappa shape index (κ3) is 2.22. The molecule has 8 heteroatoms. The first kappa shape index (κ1) is 14.7. The number of imidazole rings is 1. The van der Waals surface area contributed by atoms with Crippen LogP contribution in [0, 0.1) is 6.92 Å². The summed E-state index contributed by atoms with van der Waals surface area (Å²) < 4.78 is 41.3. The number of pyridine rings is 1. The number of benzene rings is 1. The number of alkyl halides is 3. The summed E-state index contributed by atoms with van der Waals surface area (Å²) in [6.07, 6.45) is -4.48. The predicted octanol–water partition coefficient (Wildman–Crippen LogP) is 3.24. The van der Waals surface area contributed by atoms with Gasteiger partial charge in [-0.25, -0.2) is 9.97 Å². The lowest BCUT2D eigenvalue weighted by Crippen LogP contribution is -2.14. The fourth-order valence-electron chi connectivity index (χ4n) is 2.84. The van der Waals surface area contributed by atoms with E-state index in [1.54, 1.807) is 25.1 Å². The van der Waals surface area contributed by atoms with Crippen molar-refractivity contribution in [1.82, 2.24) is 14.5 Å². The van der Waals surface area contributed by atoms with Crippen LogP contribution in [0.15, 0.2) is 30.3 Å². The summed E-state index contributed by atoms with van der Waals surface area (Å²) >= 11 is 0. The molecule has 0 aliphatic carbocycles. The summed E-state index contributed by atoms with van der Waals surface area (Å²) in [7, 11) is 0. The number of rotatable bonds is 1. The normalized spacial score (nSPS) is 14.1. The van der Waals surface area contributed by atoms with E-state index in [1.807, 2.05) is 0 Å². The topological polar surface area (TPSA) is 59.8 Å². The highest BCUT2D eigenvalue weighted by atomic mass is 19.4. The number of carbonyl (C=O) groups is 1. The number of hydrogen-bond acceptors (Lipinski definition) is 3. The molecular formula is C16H11F3N4O. The van der Waals surface area contributed by atoms with Crippen LogP contribution in [0.1, 0.15) is 17.1 Å². The Morgan fingerprint density at radius 1 is 1.17 bits per heavy atom. The van der Waals surface area contributed by atoms with Crippen LogP contribution in [0.25, 0.3) is 16.9 Å². The molecule has 122 valence electrons. The predicted molar refractivity (Wildman–Crippen MR) is 80.9 cm³/mol. The maximum Gasteiger partial charge on any atom is 0.450 e. The summed E-state index contributed by atoms with van der Waals surface area (Å²) in [5.74, 6) is -1.21. The van der Waals surface area contributed by atoms with Gasteiger partial charge in [0, 0.05) is 17.1 Å². The third-order valence-corrected chi connectivity index (χ3v) is 3.87. The molecule has 0 spiro atoms. The van der Waals surface area contributed by atoms with Crippen LogP contribution in [0.2, 0.25) is 0 Å². The number of amides is 1. The monoisotopic (exact) mass is 332 g/mol. The van der Waals surface area contributed by atoms with E-state index in [2.05, 4.69) is 15.3 Å². The van der Waals surface area contributed by atoms with Crippen LogP contribution in [-0.4, -0.2) is 20.4 Å². The molecule has 3 heterocycles. The highest BCUT2D eigenvalue weighted by molar-refractivity contribution is 5.99. The molecule has 0 fully saturated rings. The van der Waals surface area contributed by atoms with E-state index in [9.17, 15) is 18.0 Å². The average Bonchev–Trinajstić information content (AvgIpc) is 3.04. The Hall–Kier alpha value is -2.90. The minimum absolute atomic E-state index is 0.138. The summed E-state index contributed by atoms with van der Waals surface area (Å²) in [5.41, 5.74) is 2.45. The van der Waals surface area contributed by atoms with Gasteiger partial charge in [-0.1, -0.05) is 0 Å². The van der Waals surface area contributed by atoms with Gasteiger partial charge in [-0.2, -0.15) is 13.2 Å². The Morgan fingerprint density at radius 2 is 1.96 bits per heavy atom. The molecule has 0 atom stereocenters. The Balaban J connectivity index is 2.00. The van der Waals surface area contributed by atoms with Gasteiger partial charge in [0.05, 0.1) is 6.42 Å². The third-order valence-electron chi connectivity index (χ3n) is 3.87. The number of hydrogen-bond donors (Lipinski definition) is 1. The molecule has 1 aliphatic rings. The number of nitrogens with one attached hydrogen (secondary N) is 1. The number of aromatic nitrogens is 3. The zero-order valence-corrected chi connectivity index (χ0v) is 12.5. The van der Waals surface area contributed by atoms with Gasteiger partial charge in [0.2, 0.25) is 11.7 Å². The summed E-state index contributed by atoms with van der Waals surface area (Å²) in [5, 5.41) is 2.66. The SMILES string of the molecule is Cc1ccc2nc(C(F)(F)F)n(-c3ccc4c(c3)CC(=O)N4)c2n1. The van der Waals surface area contributed by atoms with Crippen LogP contribution in [0.5, 0.6) is 0 Å². The lowest BCUT2D eigenvalue weighted by Gasteiger charge is -2.12. The first-order valence-corrected chi connectivity index (χ1v) is 7.19. The van der Waals surface area contributed by atoms with Crippen molar-refractivity contribution < 1.29 is 18.0 Å². The second-order valence-electron chi connectivity index (χ2n) is 5.63. The lowest BCUT2D eigenvalue weighted by molar-refractivity contribution is -0.145. The van der Waals surface area contributed by atoms with E-state index in [1.165, 1.54) is 12.1 Å². The second-order valence-corrected chi connectivity index (χ2v) is 5.63. The molecule has 0 saturated carbocycles. The van der Waals surface area contributed by atoms with Crippen molar-refractivity contribution in [1.29, 1.82) is 0 Å². The zero-order valence-electron chi connectivity index (χ0n) is 12.5. The van der Waals surface area contributed by atoms with Crippen LogP contribution in [-0.2, 0) is 17.4 Å². The van der Waals surface area contributed by atoms with Crippen LogP contribution in [0.4, 0.5) is 18.9 Å². The fourth-order valence-corrected chi connectivity index (χ4v) is 2.84. The van der Waals surface area contributed by atoms with E-state index in [0.717, 1.165) is 4.57 Å². The van der Waals surface area contributed by atoms with Crippen molar-refractivity contribution in [3.05, 3.63) is 47.4 Å². The van der Waals surface area contributed by atoms with Crippen molar-refractivity contribution in [2.45, 2.75) is 19.5 Å². The molecule has 1 aliphatic heterocycles. The van der Waals surface area contributed by atoms with Gasteiger partial charge in [0.25, 0.3) is 0 Å². The first-order valence-electron chi connectivity index (χ1n) is 7.19. The standard InChI is InChI=1S/C16H11F3N4O/c1-8-2-4-12-14(20-8)23(15(22-12)16(17,18)19)10-3-5-11-9(6-10)7-13(24)21-11/h2-6H,7H2,1H3,(H,21,24). The van der Waals surface area contributed by atoms with Crippen molar-refractivity contribution in [3.8, 4) is 5.69 Å². The second kappa shape index (κ2) is 4.80. The van der Waals surface area contributed by atoms with E-state index in [0.29, 0.717) is 16.9 Å². The molecule has 1 N–H and O–H groups in total. The van der Waals surface area contributed by atoms with Crippen molar-refractivity contribution in [2.24, 2.45) is 0 Å². The van der Waals surface area contributed by atoms with Crippen molar-refractivity contribution in [3.63, 3.8) is 0 Å². The summed E-state index contributed by atoms with van der Waals surface area (Å²) in [6, 6.07) is 7.81. The zero-order chi connectivity index (χ0) is 17.1. The van der Waals surface area contributed by atoms with Crippen LogP contribution < -0.4 is 5.32 Å². The van der Waals surface area contributed by atoms with E-state index in [4.69, 9.17) is 0 Å². The number of halogens is 3.